The highest BCUT2D eigenvalue weighted by molar-refractivity contribution is 6.04. The number of carbonyl (C=O) groups excluding carboxylic acids is 1. The number of nitriles is 2. The Morgan fingerprint density at radius 1 is 0.789 bits per heavy atom. The Balaban J connectivity index is 1.55. The van der Waals surface area contributed by atoms with E-state index in [-0.39, 0.29) is 5.78 Å². The van der Waals surface area contributed by atoms with Crippen LogP contribution in [-0.2, 0) is 0 Å². The molecule has 182 valence electrons. The van der Waals surface area contributed by atoms with E-state index in [9.17, 15) is 15.3 Å². The fourth-order valence-electron chi connectivity index (χ4n) is 5.78. The quantitative estimate of drug-likeness (QED) is 0.287. The monoisotopic (exact) mass is 493 g/mol. The number of para-hydroxylation sites is 2. The van der Waals surface area contributed by atoms with Crippen LogP contribution in [0.5, 0.6) is 11.5 Å². The SMILES string of the molecule is N#CC1(C#N)[C@@H](c2cccc(Oc3ccccc3)c2)[C@H](C(=O)c2ccccc2)N2c3ccccc3C=C[C@@H]21. The molecule has 0 aromatic heterocycles. The third-order valence-corrected chi connectivity index (χ3v) is 7.44. The molecule has 3 atom stereocenters. The van der Waals surface area contributed by atoms with E-state index in [1.807, 2.05) is 114 Å². The lowest BCUT2D eigenvalue weighted by Crippen LogP contribution is -2.44. The fourth-order valence-corrected chi connectivity index (χ4v) is 5.78. The van der Waals surface area contributed by atoms with Crippen molar-refractivity contribution in [2.24, 2.45) is 5.41 Å². The lowest BCUT2D eigenvalue weighted by Gasteiger charge is -2.35. The van der Waals surface area contributed by atoms with E-state index in [0.29, 0.717) is 22.6 Å². The number of hydrogen-bond acceptors (Lipinski definition) is 5. The van der Waals surface area contributed by atoms with Gasteiger partial charge in [0.25, 0.3) is 0 Å². The highest BCUT2D eigenvalue weighted by atomic mass is 16.5. The van der Waals surface area contributed by atoms with Gasteiger partial charge in [-0.2, -0.15) is 10.5 Å². The number of ketones is 1. The average molecular weight is 494 g/mol. The van der Waals surface area contributed by atoms with Crippen LogP contribution in [0.2, 0.25) is 0 Å². The summed E-state index contributed by atoms with van der Waals surface area (Å²) in [5.41, 5.74) is 1.52. The molecule has 0 bridgehead atoms. The predicted molar refractivity (Wildman–Crippen MR) is 146 cm³/mol. The summed E-state index contributed by atoms with van der Waals surface area (Å²) in [6.45, 7) is 0. The smallest absolute Gasteiger partial charge is 0.185 e. The summed E-state index contributed by atoms with van der Waals surface area (Å²) in [7, 11) is 0. The van der Waals surface area contributed by atoms with Crippen LogP contribution in [0.4, 0.5) is 5.69 Å². The zero-order valence-electron chi connectivity index (χ0n) is 20.4. The van der Waals surface area contributed by atoms with Gasteiger partial charge in [0.1, 0.15) is 17.5 Å². The van der Waals surface area contributed by atoms with Crippen molar-refractivity contribution in [3.63, 3.8) is 0 Å². The molecule has 0 unspecified atom stereocenters. The Bertz CT molecular complexity index is 1600. The van der Waals surface area contributed by atoms with Crippen molar-refractivity contribution in [1.82, 2.24) is 0 Å². The van der Waals surface area contributed by atoms with Gasteiger partial charge in [-0.1, -0.05) is 91.0 Å². The lowest BCUT2D eigenvalue weighted by atomic mass is 9.69. The van der Waals surface area contributed by atoms with Crippen LogP contribution in [0.25, 0.3) is 6.08 Å². The third-order valence-electron chi connectivity index (χ3n) is 7.44. The largest absolute Gasteiger partial charge is 0.457 e. The summed E-state index contributed by atoms with van der Waals surface area (Å²) in [6.07, 6.45) is 3.84. The van der Waals surface area contributed by atoms with E-state index in [1.54, 1.807) is 12.1 Å². The molecule has 0 N–H and O–H groups in total. The molecule has 0 radical (unpaired) electrons. The first-order valence-electron chi connectivity index (χ1n) is 12.5. The van der Waals surface area contributed by atoms with E-state index in [4.69, 9.17) is 4.74 Å². The maximum Gasteiger partial charge on any atom is 0.185 e. The van der Waals surface area contributed by atoms with Crippen LogP contribution >= 0.6 is 0 Å². The molecule has 5 nitrogen and oxygen atoms in total. The number of anilines is 1. The molecule has 6 rings (SSSR count). The Labute approximate surface area is 221 Å². The minimum Gasteiger partial charge on any atom is -0.457 e. The Morgan fingerprint density at radius 2 is 1.45 bits per heavy atom. The lowest BCUT2D eigenvalue weighted by molar-refractivity contribution is 0.0951. The van der Waals surface area contributed by atoms with Crippen molar-refractivity contribution in [2.45, 2.75) is 18.0 Å². The van der Waals surface area contributed by atoms with E-state index in [2.05, 4.69) is 12.1 Å². The summed E-state index contributed by atoms with van der Waals surface area (Å²) < 4.78 is 6.09. The van der Waals surface area contributed by atoms with Crippen molar-refractivity contribution in [1.29, 1.82) is 10.5 Å². The maximum atomic E-state index is 14.3. The first-order chi connectivity index (χ1) is 18.7. The highest BCUT2D eigenvalue weighted by Crippen LogP contribution is 2.55. The van der Waals surface area contributed by atoms with Crippen molar-refractivity contribution in [2.75, 3.05) is 4.90 Å². The molecule has 5 heteroatoms. The number of carbonyl (C=O) groups is 1. The van der Waals surface area contributed by atoms with Gasteiger partial charge < -0.3 is 9.64 Å². The topological polar surface area (TPSA) is 77.1 Å². The van der Waals surface area contributed by atoms with E-state index >= 15 is 0 Å². The van der Waals surface area contributed by atoms with Crippen molar-refractivity contribution < 1.29 is 9.53 Å². The second-order valence-electron chi connectivity index (χ2n) is 9.50. The van der Waals surface area contributed by atoms with Gasteiger partial charge in [-0.3, -0.25) is 4.79 Å². The van der Waals surface area contributed by atoms with Gasteiger partial charge in [-0.05, 0) is 41.5 Å². The van der Waals surface area contributed by atoms with Crippen LogP contribution in [-0.4, -0.2) is 17.9 Å². The van der Waals surface area contributed by atoms with Gasteiger partial charge in [-0.25, -0.2) is 0 Å². The molecule has 0 saturated carbocycles. The summed E-state index contributed by atoms with van der Waals surface area (Å²) >= 11 is 0. The molecule has 4 aromatic rings. The number of benzene rings is 4. The number of nitrogens with zero attached hydrogens (tertiary/aromatic N) is 3. The molecule has 1 fully saturated rings. The normalized spacial score (nSPS) is 20.5. The summed E-state index contributed by atoms with van der Waals surface area (Å²) in [4.78, 5) is 16.3. The molecular weight excluding hydrogens is 470 g/mol. The third kappa shape index (κ3) is 3.65. The minimum atomic E-state index is -1.51. The number of rotatable bonds is 5. The molecule has 2 aliphatic heterocycles. The second-order valence-corrected chi connectivity index (χ2v) is 9.50. The van der Waals surface area contributed by atoms with Crippen LogP contribution < -0.4 is 9.64 Å². The second kappa shape index (κ2) is 9.39. The molecule has 2 heterocycles. The van der Waals surface area contributed by atoms with Gasteiger partial charge >= 0.3 is 0 Å². The van der Waals surface area contributed by atoms with Crippen LogP contribution in [0.1, 0.15) is 27.4 Å². The number of ether oxygens (including phenoxy) is 1. The summed E-state index contributed by atoms with van der Waals surface area (Å²) in [5, 5.41) is 21.3. The predicted octanol–water partition coefficient (Wildman–Crippen LogP) is 6.76. The van der Waals surface area contributed by atoms with Gasteiger partial charge in [0.05, 0.1) is 18.2 Å². The van der Waals surface area contributed by atoms with Crippen LogP contribution in [0, 0.1) is 28.1 Å². The number of Topliss-reactive ketones (excluding diaryl/α,β-unsaturated/α-hetero) is 1. The fraction of sp³-hybridized carbons (Fsp3) is 0.121. The molecule has 2 aliphatic rings. The minimum absolute atomic E-state index is 0.132. The van der Waals surface area contributed by atoms with Crippen LogP contribution in [0.3, 0.4) is 0 Å². The van der Waals surface area contributed by atoms with E-state index in [0.717, 1.165) is 11.3 Å². The van der Waals surface area contributed by atoms with E-state index < -0.39 is 23.4 Å². The highest BCUT2D eigenvalue weighted by Gasteiger charge is 2.63. The van der Waals surface area contributed by atoms with Gasteiger partial charge in [0.2, 0.25) is 0 Å². The zero-order valence-corrected chi connectivity index (χ0v) is 20.4. The molecular formula is C33H23N3O2. The Morgan fingerprint density at radius 3 is 2.18 bits per heavy atom. The molecule has 0 amide bonds. The number of fused-ring (bicyclic) bond motifs is 3. The molecule has 0 aliphatic carbocycles. The molecule has 4 aromatic carbocycles. The maximum absolute atomic E-state index is 14.3. The van der Waals surface area contributed by atoms with E-state index in [1.165, 1.54) is 0 Å². The average Bonchev–Trinajstić information content (AvgIpc) is 3.29. The molecule has 0 spiro atoms. The Kier molecular flexibility index (Phi) is 5.75. The van der Waals surface area contributed by atoms with Gasteiger partial charge in [0, 0.05) is 17.2 Å². The first-order valence-corrected chi connectivity index (χ1v) is 12.5. The van der Waals surface area contributed by atoms with Crippen molar-refractivity contribution in [3.05, 3.63) is 132 Å². The van der Waals surface area contributed by atoms with Crippen molar-refractivity contribution in [3.8, 4) is 23.6 Å². The van der Waals surface area contributed by atoms with Crippen molar-refractivity contribution >= 4 is 17.5 Å². The molecule has 38 heavy (non-hydrogen) atoms. The summed E-state index contributed by atoms with van der Waals surface area (Å²) in [6, 6.07) is 37.1. The summed E-state index contributed by atoms with van der Waals surface area (Å²) in [5.74, 6) is 0.386. The van der Waals surface area contributed by atoms with Gasteiger partial charge in [-0.15, -0.1) is 0 Å². The zero-order chi connectivity index (χ0) is 26.1. The standard InChI is InChI=1S/C33H23N3O2/c34-21-33(22-35)29-19-18-23-10-7-8-17-28(23)36(29)31(32(37)24-11-3-1-4-12-24)30(33)25-13-9-16-27(20-25)38-26-14-5-2-6-15-26/h1-20,29-31H/t29-,30+,31-/m1/s1. The first kappa shape index (κ1) is 23.3. The molecule has 1 saturated heterocycles. The Hall–Kier alpha value is -5.13. The van der Waals surface area contributed by atoms with Gasteiger partial charge in [0.15, 0.2) is 11.2 Å². The number of hydrogen-bond donors (Lipinski definition) is 0. The van der Waals surface area contributed by atoms with Crippen LogP contribution in [0.15, 0.2) is 115 Å².